The highest BCUT2D eigenvalue weighted by molar-refractivity contribution is 5.42. The molecule has 1 heterocycles. The van der Waals surface area contributed by atoms with Gasteiger partial charge in [0.2, 0.25) is 5.89 Å². The highest BCUT2D eigenvalue weighted by Gasteiger charge is 2.10. The largest absolute Gasteiger partial charge is 0.340 e. The number of aryl methyl sites for hydroxylation is 2. The van der Waals surface area contributed by atoms with Crippen molar-refractivity contribution in [1.29, 1.82) is 0 Å². The normalized spacial score (nSPS) is 10.6. The van der Waals surface area contributed by atoms with Crippen molar-refractivity contribution in [3.8, 4) is 0 Å². The minimum Gasteiger partial charge on any atom is -0.340 e. The number of hydrogen-bond donors (Lipinski definition) is 1. The summed E-state index contributed by atoms with van der Waals surface area (Å²) in [5.41, 5.74) is 1.63. The van der Waals surface area contributed by atoms with Gasteiger partial charge in [-0.15, -0.1) is 0 Å². The van der Waals surface area contributed by atoms with Gasteiger partial charge in [0.05, 0.1) is 11.5 Å². The predicted molar refractivity (Wildman–Crippen MR) is 67.4 cm³/mol. The summed E-state index contributed by atoms with van der Waals surface area (Å²) in [6.45, 7) is 4.41. The van der Waals surface area contributed by atoms with E-state index in [9.17, 15) is 10.1 Å². The average Bonchev–Trinajstić information content (AvgIpc) is 2.77. The third-order valence-electron chi connectivity index (χ3n) is 2.65. The van der Waals surface area contributed by atoms with Gasteiger partial charge in [0.1, 0.15) is 0 Å². The summed E-state index contributed by atoms with van der Waals surface area (Å²) in [6.07, 6.45) is 0. The van der Waals surface area contributed by atoms with Gasteiger partial charge in [-0.2, -0.15) is 4.98 Å². The minimum absolute atomic E-state index is 0.134. The Morgan fingerprint density at radius 3 is 2.79 bits per heavy atom. The first kappa shape index (κ1) is 13.2. The molecular weight excluding hydrogens is 248 g/mol. The van der Waals surface area contributed by atoms with E-state index >= 15 is 0 Å². The monoisotopic (exact) mass is 262 g/mol. The molecule has 0 aliphatic carbocycles. The number of nitrogens with zero attached hydrogens (tertiary/aromatic N) is 3. The Kier molecular flexibility index (Phi) is 3.86. The molecule has 100 valence electrons. The lowest BCUT2D eigenvalue weighted by atomic mass is 10.1. The summed E-state index contributed by atoms with van der Waals surface area (Å²) in [4.78, 5) is 14.5. The van der Waals surface area contributed by atoms with E-state index in [0.717, 1.165) is 5.56 Å². The van der Waals surface area contributed by atoms with E-state index in [-0.39, 0.29) is 10.6 Å². The van der Waals surface area contributed by atoms with Crippen LogP contribution in [-0.2, 0) is 13.1 Å². The first-order valence-electron chi connectivity index (χ1n) is 5.80. The molecule has 0 saturated heterocycles. The van der Waals surface area contributed by atoms with Crippen molar-refractivity contribution in [2.75, 3.05) is 0 Å². The summed E-state index contributed by atoms with van der Waals surface area (Å²) in [5, 5.41) is 17.7. The van der Waals surface area contributed by atoms with Crippen LogP contribution in [0, 0.1) is 24.0 Å². The molecule has 0 amide bonds. The van der Waals surface area contributed by atoms with Gasteiger partial charge in [-0.1, -0.05) is 17.3 Å². The second-order valence-electron chi connectivity index (χ2n) is 4.21. The van der Waals surface area contributed by atoms with Crippen LogP contribution >= 0.6 is 0 Å². The summed E-state index contributed by atoms with van der Waals surface area (Å²) in [6, 6.07) is 5.17. The first-order valence-corrected chi connectivity index (χ1v) is 5.80. The second-order valence-corrected chi connectivity index (χ2v) is 4.21. The molecule has 1 N–H and O–H groups in total. The number of aromatic nitrogens is 2. The quantitative estimate of drug-likeness (QED) is 0.653. The van der Waals surface area contributed by atoms with Gasteiger partial charge < -0.3 is 9.84 Å². The van der Waals surface area contributed by atoms with Crippen molar-refractivity contribution >= 4 is 5.69 Å². The molecule has 0 fully saturated rings. The van der Waals surface area contributed by atoms with Gasteiger partial charge in [0, 0.05) is 25.1 Å². The van der Waals surface area contributed by atoms with Gasteiger partial charge in [-0.3, -0.25) is 10.1 Å². The third-order valence-corrected chi connectivity index (χ3v) is 2.65. The molecular formula is C12H14N4O3. The van der Waals surface area contributed by atoms with Crippen LogP contribution in [-0.4, -0.2) is 15.1 Å². The number of nitro benzene ring substituents is 1. The zero-order valence-electron chi connectivity index (χ0n) is 10.7. The molecule has 0 aliphatic heterocycles. The molecule has 0 saturated carbocycles. The molecule has 19 heavy (non-hydrogen) atoms. The zero-order valence-corrected chi connectivity index (χ0v) is 10.7. The SMILES string of the molecule is Cc1nc(CNCc2ccc(C)c([N+](=O)[O-])c2)no1. The number of nitrogens with one attached hydrogen (secondary N) is 1. The molecule has 0 aliphatic rings. The van der Waals surface area contributed by atoms with Crippen LogP contribution < -0.4 is 5.32 Å². The lowest BCUT2D eigenvalue weighted by Gasteiger charge is -2.04. The predicted octanol–water partition coefficient (Wildman–Crippen LogP) is 1.88. The molecule has 1 aromatic carbocycles. The van der Waals surface area contributed by atoms with Crippen LogP contribution in [0.1, 0.15) is 22.8 Å². The van der Waals surface area contributed by atoms with Gasteiger partial charge in [0.25, 0.3) is 5.69 Å². The highest BCUT2D eigenvalue weighted by atomic mass is 16.6. The third kappa shape index (κ3) is 3.35. The van der Waals surface area contributed by atoms with Crippen molar-refractivity contribution in [2.45, 2.75) is 26.9 Å². The maximum Gasteiger partial charge on any atom is 0.272 e. The molecule has 7 heteroatoms. The molecule has 1 aromatic heterocycles. The number of nitro groups is 1. The summed E-state index contributed by atoms with van der Waals surface area (Å²) in [5.74, 6) is 1.09. The van der Waals surface area contributed by atoms with Crippen molar-refractivity contribution in [2.24, 2.45) is 0 Å². The Labute approximate surface area is 109 Å². The van der Waals surface area contributed by atoms with Gasteiger partial charge in [-0.25, -0.2) is 0 Å². The van der Waals surface area contributed by atoms with E-state index in [0.29, 0.717) is 30.4 Å². The van der Waals surface area contributed by atoms with E-state index in [1.54, 1.807) is 26.0 Å². The smallest absolute Gasteiger partial charge is 0.272 e. The average molecular weight is 262 g/mol. The second kappa shape index (κ2) is 5.57. The van der Waals surface area contributed by atoms with Crippen LogP contribution in [0.25, 0.3) is 0 Å². The number of benzene rings is 1. The molecule has 0 bridgehead atoms. The first-order chi connectivity index (χ1) is 9.06. The van der Waals surface area contributed by atoms with Crippen LogP contribution in [0.3, 0.4) is 0 Å². The fraction of sp³-hybridized carbons (Fsp3) is 0.333. The molecule has 2 aromatic rings. The van der Waals surface area contributed by atoms with E-state index in [2.05, 4.69) is 15.5 Å². The van der Waals surface area contributed by atoms with Crippen LogP contribution in [0.4, 0.5) is 5.69 Å². The summed E-state index contributed by atoms with van der Waals surface area (Å²) in [7, 11) is 0. The Morgan fingerprint density at radius 2 is 2.16 bits per heavy atom. The molecule has 7 nitrogen and oxygen atoms in total. The maximum absolute atomic E-state index is 10.8. The Hall–Kier alpha value is -2.28. The van der Waals surface area contributed by atoms with Gasteiger partial charge in [0.15, 0.2) is 5.82 Å². The Bertz CT molecular complexity index is 594. The van der Waals surface area contributed by atoms with E-state index in [1.165, 1.54) is 0 Å². The number of rotatable bonds is 5. The summed E-state index contributed by atoms with van der Waals surface area (Å²) < 4.78 is 4.84. The van der Waals surface area contributed by atoms with Crippen LogP contribution in [0.2, 0.25) is 0 Å². The molecule has 0 spiro atoms. The van der Waals surface area contributed by atoms with E-state index < -0.39 is 0 Å². The molecule has 2 rings (SSSR count). The molecule has 0 radical (unpaired) electrons. The van der Waals surface area contributed by atoms with Crippen molar-refractivity contribution in [3.05, 3.63) is 51.2 Å². The zero-order chi connectivity index (χ0) is 13.8. The van der Waals surface area contributed by atoms with Crippen LogP contribution in [0.15, 0.2) is 22.7 Å². The van der Waals surface area contributed by atoms with Crippen molar-refractivity contribution in [1.82, 2.24) is 15.5 Å². The molecule has 0 unspecified atom stereocenters. The standard InChI is InChI=1S/C12H14N4O3/c1-8-3-4-10(5-11(8)16(17)18)6-13-7-12-14-9(2)19-15-12/h3-5,13H,6-7H2,1-2H3. The number of hydrogen-bond acceptors (Lipinski definition) is 6. The van der Waals surface area contributed by atoms with E-state index in [4.69, 9.17) is 4.52 Å². The van der Waals surface area contributed by atoms with E-state index in [1.807, 2.05) is 6.07 Å². The topological polar surface area (TPSA) is 94.1 Å². The van der Waals surface area contributed by atoms with Crippen LogP contribution in [0.5, 0.6) is 0 Å². The fourth-order valence-corrected chi connectivity index (χ4v) is 1.69. The van der Waals surface area contributed by atoms with Crippen molar-refractivity contribution < 1.29 is 9.45 Å². The van der Waals surface area contributed by atoms with Crippen molar-refractivity contribution in [3.63, 3.8) is 0 Å². The lowest BCUT2D eigenvalue weighted by molar-refractivity contribution is -0.385. The Morgan fingerprint density at radius 1 is 1.37 bits per heavy atom. The van der Waals surface area contributed by atoms with Gasteiger partial charge in [-0.05, 0) is 12.5 Å². The minimum atomic E-state index is -0.374. The lowest BCUT2D eigenvalue weighted by Crippen LogP contribution is -2.14. The summed E-state index contributed by atoms with van der Waals surface area (Å²) >= 11 is 0. The molecule has 0 atom stereocenters. The Balaban J connectivity index is 1.96. The fourth-order valence-electron chi connectivity index (χ4n) is 1.69. The van der Waals surface area contributed by atoms with Gasteiger partial charge >= 0.3 is 0 Å². The maximum atomic E-state index is 10.8. The highest BCUT2D eigenvalue weighted by Crippen LogP contribution is 2.19.